The van der Waals surface area contributed by atoms with Crippen LogP contribution in [0.15, 0.2) is 16.9 Å². The van der Waals surface area contributed by atoms with E-state index in [0.29, 0.717) is 52.3 Å². The summed E-state index contributed by atoms with van der Waals surface area (Å²) < 4.78 is 23.8. The predicted molar refractivity (Wildman–Crippen MR) is 132 cm³/mol. The number of fused-ring (bicyclic) bond motifs is 1. The lowest BCUT2D eigenvalue weighted by molar-refractivity contribution is -0.190. The first-order chi connectivity index (χ1) is 16.5. The van der Waals surface area contributed by atoms with E-state index in [9.17, 15) is 9.59 Å². The third kappa shape index (κ3) is 4.85. The Hall–Kier alpha value is -2.75. The number of methoxy groups -OCH3 is 1. The number of H-pyrrole nitrogens is 1. The Labute approximate surface area is 209 Å². The van der Waals surface area contributed by atoms with Crippen LogP contribution in [0, 0.1) is 13.8 Å². The number of ether oxygens (including phenoxy) is 4. The van der Waals surface area contributed by atoms with Crippen LogP contribution in [0.5, 0.6) is 17.2 Å². The molecule has 2 aromatic rings. The number of nitrogens with zero attached hydrogens (tertiary/aromatic N) is 1. The highest BCUT2D eigenvalue weighted by molar-refractivity contribution is 6.33. The van der Waals surface area contributed by atoms with Gasteiger partial charge in [0.25, 0.3) is 17.3 Å². The van der Waals surface area contributed by atoms with E-state index in [2.05, 4.69) is 15.2 Å². The summed E-state index contributed by atoms with van der Waals surface area (Å²) in [4.78, 5) is 30.3. The molecule has 3 atom stereocenters. The van der Waals surface area contributed by atoms with Crippen molar-refractivity contribution in [3.8, 4) is 17.2 Å². The van der Waals surface area contributed by atoms with Crippen LogP contribution in [0.4, 0.5) is 0 Å². The lowest BCUT2D eigenvalue weighted by atomic mass is 9.99. The van der Waals surface area contributed by atoms with Crippen LogP contribution in [-0.4, -0.2) is 61.5 Å². The van der Waals surface area contributed by atoms with E-state index in [1.54, 1.807) is 26.0 Å². The van der Waals surface area contributed by atoms with Gasteiger partial charge in [0.2, 0.25) is 0 Å². The maximum absolute atomic E-state index is 13.1. The molecule has 0 spiro atoms. The molecule has 1 amide bonds. The lowest BCUT2D eigenvalue weighted by Gasteiger charge is -2.38. The van der Waals surface area contributed by atoms with E-state index in [1.165, 1.54) is 7.11 Å². The summed E-state index contributed by atoms with van der Waals surface area (Å²) in [7, 11) is 5.56. The standard InChI is InChI=1S/C25H32ClN3O6/c1-13-9-19(32-6)17(24(31)28-13)11-27-23(30)16-10-18(26)22-21(14(16)2)34-25(3,35-22)20-8-7-15(12-33-20)29(4)5/h9-10,15,20H,7-8,11-12H2,1-6H3,(H,27,30)(H,28,31)/t15-,20+,25?/m1/s1. The van der Waals surface area contributed by atoms with Crippen molar-refractivity contribution in [3.63, 3.8) is 0 Å². The molecule has 2 N–H and O–H groups in total. The van der Waals surface area contributed by atoms with Crippen molar-refractivity contribution in [1.29, 1.82) is 0 Å². The Morgan fingerprint density at radius 2 is 1.97 bits per heavy atom. The summed E-state index contributed by atoms with van der Waals surface area (Å²) in [5, 5.41) is 3.06. The fourth-order valence-electron chi connectivity index (χ4n) is 4.57. The number of rotatable bonds is 6. The van der Waals surface area contributed by atoms with Gasteiger partial charge < -0.3 is 34.1 Å². The van der Waals surface area contributed by atoms with Crippen LogP contribution in [0.1, 0.15) is 46.9 Å². The second-order valence-corrected chi connectivity index (χ2v) is 9.84. The number of aromatic amines is 1. The van der Waals surface area contributed by atoms with Gasteiger partial charge in [0.1, 0.15) is 11.9 Å². The SMILES string of the molecule is COc1cc(C)[nH]c(=O)c1CNC(=O)c1cc(Cl)c2c(c1C)OC(C)([C@@H]1CC[C@@H](N(C)C)CO1)O2. The smallest absolute Gasteiger partial charge is 0.274 e. The minimum absolute atomic E-state index is 0.0101. The van der Waals surface area contributed by atoms with Crippen molar-refractivity contribution in [2.24, 2.45) is 0 Å². The highest BCUT2D eigenvalue weighted by atomic mass is 35.5. The van der Waals surface area contributed by atoms with Gasteiger partial charge in [-0.05, 0) is 52.9 Å². The molecule has 1 aromatic heterocycles. The summed E-state index contributed by atoms with van der Waals surface area (Å²) in [5.74, 6) is -0.209. The average Bonchev–Trinajstić information content (AvgIpc) is 3.20. The Morgan fingerprint density at radius 1 is 1.26 bits per heavy atom. The molecule has 190 valence electrons. The average molecular weight is 506 g/mol. The first-order valence-electron chi connectivity index (χ1n) is 11.6. The van der Waals surface area contributed by atoms with Gasteiger partial charge in [-0.1, -0.05) is 11.6 Å². The first kappa shape index (κ1) is 25.3. The molecule has 4 rings (SSSR count). The summed E-state index contributed by atoms with van der Waals surface area (Å²) in [6.45, 7) is 5.94. The molecule has 2 aliphatic heterocycles. The number of halogens is 1. The quantitative estimate of drug-likeness (QED) is 0.621. The Kier molecular flexibility index (Phi) is 7.04. The zero-order valence-electron chi connectivity index (χ0n) is 20.9. The van der Waals surface area contributed by atoms with E-state index in [0.717, 1.165) is 12.8 Å². The number of carbonyl (C=O) groups is 1. The minimum atomic E-state index is -1.05. The van der Waals surface area contributed by atoms with Gasteiger partial charge in [-0.3, -0.25) is 9.59 Å². The van der Waals surface area contributed by atoms with Crippen molar-refractivity contribution in [2.45, 2.75) is 58.1 Å². The maximum Gasteiger partial charge on any atom is 0.274 e. The molecule has 10 heteroatoms. The Balaban J connectivity index is 1.52. The number of aromatic nitrogens is 1. The molecule has 3 heterocycles. The molecule has 0 bridgehead atoms. The molecule has 1 unspecified atom stereocenters. The van der Waals surface area contributed by atoms with Crippen molar-refractivity contribution >= 4 is 17.5 Å². The lowest BCUT2D eigenvalue weighted by Crippen LogP contribution is -2.53. The number of likely N-dealkylation sites (N-methyl/N-ethyl adjacent to an activating group) is 1. The number of amides is 1. The number of nitrogens with one attached hydrogen (secondary N) is 2. The Bertz CT molecular complexity index is 1190. The van der Waals surface area contributed by atoms with Gasteiger partial charge in [-0.15, -0.1) is 0 Å². The summed E-state index contributed by atoms with van der Waals surface area (Å²) in [6, 6.07) is 3.61. The van der Waals surface area contributed by atoms with Crippen LogP contribution >= 0.6 is 11.6 Å². The fraction of sp³-hybridized carbons (Fsp3) is 0.520. The van der Waals surface area contributed by atoms with E-state index >= 15 is 0 Å². The molecule has 1 fully saturated rings. The van der Waals surface area contributed by atoms with Gasteiger partial charge in [-0.25, -0.2) is 0 Å². The molecule has 0 radical (unpaired) electrons. The summed E-state index contributed by atoms with van der Waals surface area (Å²) in [6.07, 6.45) is 1.45. The number of pyridine rings is 1. The monoisotopic (exact) mass is 505 g/mol. The first-order valence-corrected chi connectivity index (χ1v) is 12.0. The summed E-state index contributed by atoms with van der Waals surface area (Å²) in [5.41, 5.74) is 1.61. The molecular formula is C25H32ClN3O6. The molecule has 2 aliphatic rings. The van der Waals surface area contributed by atoms with Gasteiger partial charge in [0.15, 0.2) is 11.5 Å². The van der Waals surface area contributed by atoms with Crippen LogP contribution < -0.4 is 25.1 Å². The second kappa shape index (κ2) is 9.72. The zero-order chi connectivity index (χ0) is 25.5. The molecule has 35 heavy (non-hydrogen) atoms. The number of hydrogen-bond donors (Lipinski definition) is 2. The van der Waals surface area contributed by atoms with Crippen LogP contribution in [0.25, 0.3) is 0 Å². The van der Waals surface area contributed by atoms with Crippen molar-refractivity contribution in [2.75, 3.05) is 27.8 Å². The van der Waals surface area contributed by atoms with Crippen molar-refractivity contribution in [3.05, 3.63) is 49.9 Å². The van der Waals surface area contributed by atoms with Crippen LogP contribution in [0.3, 0.4) is 0 Å². The number of aryl methyl sites for hydroxylation is 1. The van der Waals surface area contributed by atoms with Crippen LogP contribution in [0.2, 0.25) is 5.02 Å². The highest BCUT2D eigenvalue weighted by Gasteiger charge is 2.48. The normalized spacial score (nSPS) is 23.4. The maximum atomic E-state index is 13.1. The van der Waals surface area contributed by atoms with Crippen LogP contribution in [-0.2, 0) is 11.3 Å². The third-order valence-electron chi connectivity index (χ3n) is 6.74. The molecular weight excluding hydrogens is 474 g/mol. The van der Waals surface area contributed by atoms with E-state index in [1.807, 2.05) is 21.0 Å². The fourth-order valence-corrected chi connectivity index (χ4v) is 4.80. The minimum Gasteiger partial charge on any atom is -0.496 e. The van der Waals surface area contributed by atoms with E-state index < -0.39 is 11.7 Å². The molecule has 1 aromatic carbocycles. The summed E-state index contributed by atoms with van der Waals surface area (Å²) >= 11 is 6.52. The zero-order valence-corrected chi connectivity index (χ0v) is 21.7. The van der Waals surface area contributed by atoms with Crippen molar-refractivity contribution < 1.29 is 23.7 Å². The molecule has 0 saturated carbocycles. The van der Waals surface area contributed by atoms with Crippen molar-refractivity contribution in [1.82, 2.24) is 15.2 Å². The second-order valence-electron chi connectivity index (χ2n) is 9.44. The molecule has 1 saturated heterocycles. The van der Waals surface area contributed by atoms with Gasteiger partial charge >= 0.3 is 0 Å². The largest absolute Gasteiger partial charge is 0.496 e. The number of hydrogen-bond acceptors (Lipinski definition) is 7. The highest BCUT2D eigenvalue weighted by Crippen LogP contribution is 2.49. The van der Waals surface area contributed by atoms with Gasteiger partial charge in [-0.2, -0.15) is 0 Å². The van der Waals surface area contributed by atoms with E-state index in [-0.39, 0.29) is 23.2 Å². The molecule has 0 aliphatic carbocycles. The number of carbonyl (C=O) groups excluding carboxylic acids is 1. The predicted octanol–water partition coefficient (Wildman–Crippen LogP) is 3.18. The number of benzene rings is 1. The Morgan fingerprint density at radius 3 is 2.60 bits per heavy atom. The van der Waals surface area contributed by atoms with Gasteiger partial charge in [0.05, 0.1) is 30.8 Å². The topological polar surface area (TPSA) is 102 Å². The van der Waals surface area contributed by atoms with Gasteiger partial charge in [0, 0.05) is 29.8 Å². The van der Waals surface area contributed by atoms with E-state index in [4.69, 9.17) is 30.5 Å². The third-order valence-corrected chi connectivity index (χ3v) is 7.02. The molecule has 9 nitrogen and oxygen atoms in total.